The van der Waals surface area contributed by atoms with Crippen LogP contribution in [0.15, 0.2) is 24.4 Å². The van der Waals surface area contributed by atoms with Crippen LogP contribution in [0.4, 0.5) is 0 Å². The van der Waals surface area contributed by atoms with Crippen molar-refractivity contribution in [1.82, 2.24) is 4.98 Å². The number of ether oxygens (including phenoxy) is 1. The molecule has 112 valence electrons. The summed E-state index contributed by atoms with van der Waals surface area (Å²) >= 11 is 12.0. The lowest BCUT2D eigenvalue weighted by Gasteiger charge is -2.16. The Hall–Kier alpha value is -1.29. The number of hydrogen-bond donors (Lipinski definition) is 1. The standard InChI is InChI=1S/C16H18Cl2N2O/c1-9-8-20-15(10(2)16(9)21-3)7-14(19)11-4-5-12(17)13(18)6-11/h4-6,8,14H,7,19H2,1-3H3. The molecule has 2 aromatic rings. The molecule has 3 nitrogen and oxygen atoms in total. The van der Waals surface area contributed by atoms with Gasteiger partial charge in [-0.05, 0) is 31.5 Å². The molecule has 0 aliphatic carbocycles. The molecule has 2 N–H and O–H groups in total. The fourth-order valence-corrected chi connectivity index (χ4v) is 2.65. The molecule has 0 aliphatic rings. The summed E-state index contributed by atoms with van der Waals surface area (Å²) < 4.78 is 5.42. The molecule has 0 saturated heterocycles. The van der Waals surface area contributed by atoms with Crippen LogP contribution in [0.1, 0.15) is 28.4 Å². The van der Waals surface area contributed by atoms with Crippen LogP contribution in [0, 0.1) is 13.8 Å². The Morgan fingerprint density at radius 3 is 2.57 bits per heavy atom. The van der Waals surface area contributed by atoms with E-state index in [0.717, 1.165) is 28.1 Å². The zero-order chi connectivity index (χ0) is 15.6. The number of nitrogens with two attached hydrogens (primary N) is 1. The van der Waals surface area contributed by atoms with Gasteiger partial charge in [0.25, 0.3) is 0 Å². The predicted octanol–water partition coefficient (Wildman–Crippen LogP) is 4.26. The summed E-state index contributed by atoms with van der Waals surface area (Å²) in [6.45, 7) is 3.97. The van der Waals surface area contributed by atoms with Crippen molar-refractivity contribution >= 4 is 23.2 Å². The van der Waals surface area contributed by atoms with Crippen LogP contribution in [-0.4, -0.2) is 12.1 Å². The predicted molar refractivity (Wildman–Crippen MR) is 87.4 cm³/mol. The minimum absolute atomic E-state index is 0.196. The van der Waals surface area contributed by atoms with Crippen molar-refractivity contribution in [3.63, 3.8) is 0 Å². The summed E-state index contributed by atoms with van der Waals surface area (Å²) in [4.78, 5) is 4.47. The van der Waals surface area contributed by atoms with E-state index >= 15 is 0 Å². The number of benzene rings is 1. The molecule has 1 aromatic carbocycles. The van der Waals surface area contributed by atoms with Crippen LogP contribution < -0.4 is 10.5 Å². The average Bonchev–Trinajstić information content (AvgIpc) is 2.45. The van der Waals surface area contributed by atoms with Crippen molar-refractivity contribution in [3.05, 3.63) is 56.8 Å². The third-order valence-electron chi connectivity index (χ3n) is 3.53. The van der Waals surface area contributed by atoms with Gasteiger partial charge in [-0.15, -0.1) is 0 Å². The third-order valence-corrected chi connectivity index (χ3v) is 4.27. The molecule has 2 rings (SSSR count). The average molecular weight is 325 g/mol. The Balaban J connectivity index is 2.27. The molecule has 0 saturated carbocycles. The van der Waals surface area contributed by atoms with E-state index < -0.39 is 0 Å². The van der Waals surface area contributed by atoms with Crippen molar-refractivity contribution in [2.75, 3.05) is 7.11 Å². The van der Waals surface area contributed by atoms with Gasteiger partial charge in [0.1, 0.15) is 5.75 Å². The zero-order valence-electron chi connectivity index (χ0n) is 12.3. The van der Waals surface area contributed by atoms with E-state index in [2.05, 4.69) is 4.98 Å². The number of halogens is 2. The Kier molecular flexibility index (Phi) is 5.09. The molecule has 1 aromatic heterocycles. The van der Waals surface area contributed by atoms with Crippen LogP contribution in [0.25, 0.3) is 0 Å². The summed E-state index contributed by atoms with van der Waals surface area (Å²) in [6, 6.07) is 5.25. The van der Waals surface area contributed by atoms with E-state index in [1.165, 1.54) is 0 Å². The molecule has 0 amide bonds. The van der Waals surface area contributed by atoms with Crippen molar-refractivity contribution in [2.24, 2.45) is 5.73 Å². The third kappa shape index (κ3) is 3.49. The van der Waals surface area contributed by atoms with Gasteiger partial charge in [-0.25, -0.2) is 0 Å². The van der Waals surface area contributed by atoms with Gasteiger partial charge in [-0.3, -0.25) is 4.98 Å². The molecular formula is C16H18Cl2N2O. The minimum Gasteiger partial charge on any atom is -0.496 e. The topological polar surface area (TPSA) is 48.1 Å². The van der Waals surface area contributed by atoms with Gasteiger partial charge >= 0.3 is 0 Å². The van der Waals surface area contributed by atoms with E-state index in [1.807, 2.05) is 26.1 Å². The maximum atomic E-state index is 6.26. The van der Waals surface area contributed by atoms with Gasteiger partial charge < -0.3 is 10.5 Å². The quantitative estimate of drug-likeness (QED) is 0.914. The maximum Gasteiger partial charge on any atom is 0.128 e. The summed E-state index contributed by atoms with van der Waals surface area (Å²) in [5, 5.41) is 1.04. The summed E-state index contributed by atoms with van der Waals surface area (Å²) in [7, 11) is 1.66. The lowest BCUT2D eigenvalue weighted by Crippen LogP contribution is -2.15. The van der Waals surface area contributed by atoms with Crippen LogP contribution in [-0.2, 0) is 6.42 Å². The molecule has 0 aliphatic heterocycles. The lowest BCUT2D eigenvalue weighted by molar-refractivity contribution is 0.406. The zero-order valence-corrected chi connectivity index (χ0v) is 13.8. The molecule has 0 spiro atoms. The first-order valence-corrected chi connectivity index (χ1v) is 7.39. The van der Waals surface area contributed by atoms with E-state index in [9.17, 15) is 0 Å². The number of aromatic nitrogens is 1. The van der Waals surface area contributed by atoms with Crippen LogP contribution in [0.5, 0.6) is 5.75 Å². The Bertz CT molecular complexity index is 659. The monoisotopic (exact) mass is 324 g/mol. The molecule has 1 atom stereocenters. The SMILES string of the molecule is COc1c(C)cnc(CC(N)c2ccc(Cl)c(Cl)c2)c1C. The van der Waals surface area contributed by atoms with Crippen LogP contribution in [0.2, 0.25) is 10.0 Å². The summed E-state index contributed by atoms with van der Waals surface area (Å²) in [5.41, 5.74) is 10.2. The highest BCUT2D eigenvalue weighted by Gasteiger charge is 2.14. The summed E-state index contributed by atoms with van der Waals surface area (Å²) in [6.07, 6.45) is 2.42. The minimum atomic E-state index is -0.196. The van der Waals surface area contributed by atoms with Gasteiger partial charge in [-0.2, -0.15) is 0 Å². The summed E-state index contributed by atoms with van der Waals surface area (Å²) in [5.74, 6) is 0.862. The molecular weight excluding hydrogens is 307 g/mol. The van der Waals surface area contributed by atoms with Crippen molar-refractivity contribution < 1.29 is 4.74 Å². The van der Waals surface area contributed by atoms with E-state index in [-0.39, 0.29) is 6.04 Å². The fourth-order valence-electron chi connectivity index (χ4n) is 2.35. The molecule has 21 heavy (non-hydrogen) atoms. The van der Waals surface area contributed by atoms with Gasteiger partial charge in [0.15, 0.2) is 0 Å². The second-order valence-corrected chi connectivity index (χ2v) is 5.84. The molecule has 0 fully saturated rings. The molecule has 0 bridgehead atoms. The number of rotatable bonds is 4. The normalized spacial score (nSPS) is 12.3. The highest BCUT2D eigenvalue weighted by Crippen LogP contribution is 2.29. The Morgan fingerprint density at radius 2 is 1.95 bits per heavy atom. The lowest BCUT2D eigenvalue weighted by atomic mass is 9.99. The first-order valence-electron chi connectivity index (χ1n) is 6.63. The Labute approximate surface area is 135 Å². The van der Waals surface area contributed by atoms with Gasteiger partial charge in [-0.1, -0.05) is 29.3 Å². The Morgan fingerprint density at radius 1 is 1.24 bits per heavy atom. The van der Waals surface area contributed by atoms with E-state index in [1.54, 1.807) is 19.2 Å². The van der Waals surface area contributed by atoms with Crippen LogP contribution in [0.3, 0.4) is 0 Å². The largest absolute Gasteiger partial charge is 0.496 e. The highest BCUT2D eigenvalue weighted by molar-refractivity contribution is 6.42. The molecule has 1 heterocycles. The van der Waals surface area contributed by atoms with Crippen molar-refractivity contribution in [2.45, 2.75) is 26.3 Å². The second kappa shape index (κ2) is 6.65. The number of methoxy groups -OCH3 is 1. The highest BCUT2D eigenvalue weighted by atomic mass is 35.5. The molecule has 5 heteroatoms. The first kappa shape index (κ1) is 16.1. The van der Waals surface area contributed by atoms with Crippen molar-refractivity contribution in [1.29, 1.82) is 0 Å². The van der Waals surface area contributed by atoms with E-state index in [4.69, 9.17) is 33.7 Å². The second-order valence-electron chi connectivity index (χ2n) is 5.03. The maximum absolute atomic E-state index is 6.26. The number of hydrogen-bond acceptors (Lipinski definition) is 3. The number of pyridine rings is 1. The first-order chi connectivity index (χ1) is 9.93. The van der Waals surface area contributed by atoms with Gasteiger partial charge in [0, 0.05) is 35.5 Å². The number of aryl methyl sites for hydroxylation is 1. The van der Waals surface area contributed by atoms with Gasteiger partial charge in [0.05, 0.1) is 17.2 Å². The smallest absolute Gasteiger partial charge is 0.128 e. The fraction of sp³-hybridized carbons (Fsp3) is 0.312. The van der Waals surface area contributed by atoms with Crippen molar-refractivity contribution in [3.8, 4) is 5.75 Å². The molecule has 0 radical (unpaired) electrons. The van der Waals surface area contributed by atoms with Gasteiger partial charge in [0.2, 0.25) is 0 Å². The molecule has 1 unspecified atom stereocenters. The number of nitrogens with zero attached hydrogens (tertiary/aromatic N) is 1. The van der Waals surface area contributed by atoms with E-state index in [0.29, 0.717) is 16.5 Å². The van der Waals surface area contributed by atoms with Crippen LogP contribution >= 0.6 is 23.2 Å².